The molecule has 2 fully saturated rings. The highest BCUT2D eigenvalue weighted by molar-refractivity contribution is 5.92. The fraction of sp³-hybridized carbons (Fsp3) is 0.476. The van der Waals surface area contributed by atoms with E-state index in [2.05, 4.69) is 5.10 Å². The number of nitrogens with zero attached hydrogens (tertiary/aromatic N) is 4. The minimum atomic E-state index is -2.77. The van der Waals surface area contributed by atoms with E-state index in [1.807, 2.05) is 43.0 Å². The van der Waals surface area contributed by atoms with Gasteiger partial charge in [-0.3, -0.25) is 9.59 Å². The van der Waals surface area contributed by atoms with E-state index in [1.54, 1.807) is 4.90 Å². The standard InChI is InChI=1S/C21H24F2N4O2/c1-3-18(28)26-11-14-10-25(20(29)17-8-9-27(24-17)21(22)23)12-16(14)19(26)15-7-5-4-6-13(15)2/h4-9,14,16,19,21H,3,10-12H2,1-2H3/t14-,16-,19+/m0/s1. The van der Waals surface area contributed by atoms with E-state index in [1.165, 1.54) is 6.07 Å². The first-order valence-electron chi connectivity index (χ1n) is 9.88. The van der Waals surface area contributed by atoms with Crippen LogP contribution in [0, 0.1) is 18.8 Å². The molecule has 0 saturated carbocycles. The number of likely N-dealkylation sites (tertiary alicyclic amines) is 2. The van der Waals surface area contributed by atoms with Crippen LogP contribution in [0.25, 0.3) is 0 Å². The van der Waals surface area contributed by atoms with Crippen LogP contribution in [0.2, 0.25) is 0 Å². The highest BCUT2D eigenvalue weighted by atomic mass is 19.3. The average Bonchev–Trinajstić information content (AvgIpc) is 3.41. The van der Waals surface area contributed by atoms with Gasteiger partial charge in [-0.05, 0) is 24.1 Å². The lowest BCUT2D eigenvalue weighted by Gasteiger charge is -2.30. The maximum Gasteiger partial charge on any atom is 0.333 e. The summed E-state index contributed by atoms with van der Waals surface area (Å²) < 4.78 is 26.0. The quantitative estimate of drug-likeness (QED) is 0.789. The third-order valence-electron chi connectivity index (χ3n) is 6.11. The average molecular weight is 402 g/mol. The molecule has 2 aliphatic heterocycles. The fourth-order valence-corrected chi connectivity index (χ4v) is 4.71. The van der Waals surface area contributed by atoms with Crippen molar-refractivity contribution in [3.05, 3.63) is 53.3 Å². The molecule has 6 nitrogen and oxygen atoms in total. The summed E-state index contributed by atoms with van der Waals surface area (Å²) in [5.74, 6) is 0.0564. The van der Waals surface area contributed by atoms with E-state index < -0.39 is 6.55 Å². The Bertz CT molecular complexity index is 929. The number of aryl methyl sites for hydroxylation is 1. The Morgan fingerprint density at radius 1 is 1.17 bits per heavy atom. The summed E-state index contributed by atoms with van der Waals surface area (Å²) in [5, 5.41) is 3.71. The van der Waals surface area contributed by atoms with Crippen LogP contribution in [0.3, 0.4) is 0 Å². The molecule has 0 spiro atoms. The van der Waals surface area contributed by atoms with E-state index in [0.29, 0.717) is 30.7 Å². The molecule has 8 heteroatoms. The summed E-state index contributed by atoms with van der Waals surface area (Å²) in [6.07, 6.45) is 1.56. The van der Waals surface area contributed by atoms with Gasteiger partial charge in [-0.15, -0.1) is 0 Å². The minimum Gasteiger partial charge on any atom is -0.337 e. The molecule has 154 valence electrons. The van der Waals surface area contributed by atoms with Gasteiger partial charge in [0.2, 0.25) is 5.91 Å². The van der Waals surface area contributed by atoms with Crippen molar-refractivity contribution in [1.82, 2.24) is 19.6 Å². The van der Waals surface area contributed by atoms with Gasteiger partial charge >= 0.3 is 6.55 Å². The number of aromatic nitrogens is 2. The Morgan fingerprint density at radius 3 is 2.59 bits per heavy atom. The lowest BCUT2D eigenvalue weighted by atomic mass is 9.87. The van der Waals surface area contributed by atoms with Crippen LogP contribution < -0.4 is 0 Å². The smallest absolute Gasteiger partial charge is 0.333 e. The van der Waals surface area contributed by atoms with Crippen LogP contribution >= 0.6 is 0 Å². The second-order valence-electron chi connectivity index (χ2n) is 7.79. The Kier molecular flexibility index (Phi) is 5.10. The van der Waals surface area contributed by atoms with Crippen molar-refractivity contribution < 1.29 is 18.4 Å². The molecule has 4 rings (SSSR count). The Labute approximate surface area is 168 Å². The van der Waals surface area contributed by atoms with E-state index in [4.69, 9.17) is 0 Å². The molecule has 1 aromatic heterocycles. The summed E-state index contributed by atoms with van der Waals surface area (Å²) in [6, 6.07) is 9.28. The summed E-state index contributed by atoms with van der Waals surface area (Å²) in [5.41, 5.74) is 2.25. The highest BCUT2D eigenvalue weighted by Crippen LogP contribution is 2.46. The van der Waals surface area contributed by atoms with Gasteiger partial charge in [0.1, 0.15) is 0 Å². The van der Waals surface area contributed by atoms with Gasteiger partial charge in [-0.2, -0.15) is 13.9 Å². The Hall–Kier alpha value is -2.77. The molecule has 0 bridgehead atoms. The van der Waals surface area contributed by atoms with Crippen molar-refractivity contribution in [1.29, 1.82) is 0 Å². The first-order valence-corrected chi connectivity index (χ1v) is 9.88. The molecule has 2 amide bonds. The number of hydrogen-bond acceptors (Lipinski definition) is 3. The predicted octanol–water partition coefficient (Wildman–Crippen LogP) is 3.27. The monoisotopic (exact) mass is 402 g/mol. The van der Waals surface area contributed by atoms with Crippen molar-refractivity contribution >= 4 is 11.8 Å². The largest absolute Gasteiger partial charge is 0.337 e. The summed E-state index contributed by atoms with van der Waals surface area (Å²) in [4.78, 5) is 29.1. The lowest BCUT2D eigenvalue weighted by molar-refractivity contribution is -0.132. The van der Waals surface area contributed by atoms with Gasteiger partial charge in [0.05, 0.1) is 6.04 Å². The van der Waals surface area contributed by atoms with Gasteiger partial charge in [-0.1, -0.05) is 31.2 Å². The molecule has 0 radical (unpaired) electrons. The molecule has 2 aliphatic rings. The summed E-state index contributed by atoms with van der Waals surface area (Å²) in [7, 11) is 0. The van der Waals surface area contributed by atoms with Gasteiger partial charge in [0.25, 0.3) is 5.91 Å². The molecule has 0 unspecified atom stereocenters. The van der Waals surface area contributed by atoms with Gasteiger partial charge in [-0.25, -0.2) is 4.68 Å². The van der Waals surface area contributed by atoms with Crippen LogP contribution in [-0.2, 0) is 4.79 Å². The normalized spacial score (nSPS) is 23.7. The van der Waals surface area contributed by atoms with E-state index in [9.17, 15) is 18.4 Å². The number of amides is 2. The molecule has 0 N–H and O–H groups in total. The number of hydrogen-bond donors (Lipinski definition) is 0. The lowest BCUT2D eigenvalue weighted by Crippen LogP contribution is -2.37. The number of benzene rings is 1. The first-order chi connectivity index (χ1) is 13.9. The maximum atomic E-state index is 12.8. The zero-order valence-electron chi connectivity index (χ0n) is 16.5. The third-order valence-corrected chi connectivity index (χ3v) is 6.11. The van der Waals surface area contributed by atoms with Crippen LogP contribution in [0.4, 0.5) is 8.78 Å². The molecule has 3 heterocycles. The van der Waals surface area contributed by atoms with Crippen molar-refractivity contribution in [2.24, 2.45) is 11.8 Å². The molecular formula is C21H24F2N4O2. The number of carbonyl (C=O) groups excluding carboxylic acids is 2. The predicted molar refractivity (Wildman–Crippen MR) is 102 cm³/mol. The SMILES string of the molecule is CCC(=O)N1C[C@@H]2CN(C(=O)c3ccn(C(F)F)n3)C[C@@H]2[C@H]1c1ccccc1C. The van der Waals surface area contributed by atoms with E-state index in [-0.39, 0.29) is 35.4 Å². The van der Waals surface area contributed by atoms with Gasteiger partial charge in [0.15, 0.2) is 5.69 Å². The van der Waals surface area contributed by atoms with Crippen molar-refractivity contribution in [2.75, 3.05) is 19.6 Å². The molecule has 2 saturated heterocycles. The third kappa shape index (κ3) is 3.41. The molecular weight excluding hydrogens is 378 g/mol. The number of alkyl halides is 2. The number of halogens is 2. The Balaban J connectivity index is 1.59. The van der Waals surface area contributed by atoms with E-state index >= 15 is 0 Å². The highest BCUT2D eigenvalue weighted by Gasteiger charge is 2.50. The van der Waals surface area contributed by atoms with Gasteiger partial charge < -0.3 is 9.80 Å². The molecule has 0 aliphatic carbocycles. The van der Waals surface area contributed by atoms with Crippen LogP contribution in [-0.4, -0.2) is 51.0 Å². The zero-order valence-corrected chi connectivity index (χ0v) is 16.5. The number of rotatable bonds is 4. The molecule has 1 aromatic carbocycles. The van der Waals surface area contributed by atoms with E-state index in [0.717, 1.165) is 17.3 Å². The van der Waals surface area contributed by atoms with Crippen molar-refractivity contribution in [2.45, 2.75) is 32.9 Å². The minimum absolute atomic E-state index is 0.0270. The topological polar surface area (TPSA) is 58.4 Å². The fourth-order valence-electron chi connectivity index (χ4n) is 4.71. The molecule has 2 aromatic rings. The number of carbonyl (C=O) groups is 2. The van der Waals surface area contributed by atoms with Crippen molar-refractivity contribution in [3.63, 3.8) is 0 Å². The molecule has 3 atom stereocenters. The van der Waals surface area contributed by atoms with Crippen LogP contribution in [0.15, 0.2) is 36.5 Å². The van der Waals surface area contributed by atoms with Crippen LogP contribution in [0.5, 0.6) is 0 Å². The van der Waals surface area contributed by atoms with Crippen molar-refractivity contribution in [3.8, 4) is 0 Å². The number of fused-ring (bicyclic) bond motifs is 1. The first kappa shape index (κ1) is 19.5. The zero-order chi connectivity index (χ0) is 20.7. The second-order valence-corrected chi connectivity index (χ2v) is 7.79. The van der Waals surface area contributed by atoms with Gasteiger partial charge in [0, 0.05) is 44.1 Å². The molecule has 29 heavy (non-hydrogen) atoms. The Morgan fingerprint density at radius 2 is 1.93 bits per heavy atom. The summed E-state index contributed by atoms with van der Waals surface area (Å²) in [6.45, 7) is 2.71. The summed E-state index contributed by atoms with van der Waals surface area (Å²) >= 11 is 0. The second kappa shape index (κ2) is 7.57. The maximum absolute atomic E-state index is 12.8. The van der Waals surface area contributed by atoms with Crippen LogP contribution in [0.1, 0.15) is 47.6 Å².